The largest absolute Gasteiger partial charge is 0.465 e. The van der Waals surface area contributed by atoms with Gasteiger partial charge in [0.1, 0.15) is 6.61 Å². The van der Waals surface area contributed by atoms with E-state index in [0.717, 1.165) is 5.56 Å². The molecule has 2 amide bonds. The van der Waals surface area contributed by atoms with Crippen LogP contribution in [-0.2, 0) is 15.8 Å². The molecule has 2 atom stereocenters. The maximum Gasteiger partial charge on any atom is 0.407 e. The van der Waals surface area contributed by atoms with Gasteiger partial charge in [-0.1, -0.05) is 57.2 Å². The molecule has 31 heavy (non-hydrogen) atoms. The number of amides is 2. The van der Waals surface area contributed by atoms with Gasteiger partial charge < -0.3 is 24.5 Å². The number of ether oxygens (including phenoxy) is 1. The van der Waals surface area contributed by atoms with Gasteiger partial charge in [0.2, 0.25) is 0 Å². The lowest BCUT2D eigenvalue weighted by atomic mass is 9.84. The van der Waals surface area contributed by atoms with Crippen molar-refractivity contribution in [2.24, 2.45) is 5.92 Å². The summed E-state index contributed by atoms with van der Waals surface area (Å²) in [5.41, 5.74) is 0.0582. The molecule has 1 unspecified atom stereocenters. The van der Waals surface area contributed by atoms with Crippen LogP contribution in [0.1, 0.15) is 32.8 Å². The molecule has 172 valence electrons. The summed E-state index contributed by atoms with van der Waals surface area (Å²) in [4.78, 5) is 25.7. The van der Waals surface area contributed by atoms with E-state index in [1.807, 2.05) is 30.3 Å². The van der Waals surface area contributed by atoms with Gasteiger partial charge in [0.15, 0.2) is 8.32 Å². The van der Waals surface area contributed by atoms with Gasteiger partial charge in [-0.25, -0.2) is 9.59 Å². The third kappa shape index (κ3) is 6.33. The van der Waals surface area contributed by atoms with Crippen LogP contribution in [0, 0.1) is 5.92 Å². The third-order valence-electron chi connectivity index (χ3n) is 6.49. The molecule has 0 spiro atoms. The fourth-order valence-corrected chi connectivity index (χ4v) is 4.55. The zero-order chi connectivity index (χ0) is 23.3. The van der Waals surface area contributed by atoms with Crippen LogP contribution >= 0.6 is 0 Å². The molecule has 2 N–H and O–H groups in total. The fourth-order valence-electron chi connectivity index (χ4n) is 3.50. The smallest absolute Gasteiger partial charge is 0.407 e. The van der Waals surface area contributed by atoms with Crippen molar-refractivity contribution >= 4 is 20.5 Å². The van der Waals surface area contributed by atoms with Crippen LogP contribution in [0.25, 0.3) is 0 Å². The zero-order valence-corrected chi connectivity index (χ0v) is 20.3. The molecule has 1 aliphatic heterocycles. The summed E-state index contributed by atoms with van der Waals surface area (Å²) in [5, 5.41) is 12.6. The van der Waals surface area contributed by atoms with Gasteiger partial charge in [-0.2, -0.15) is 0 Å². The molecule has 7 nitrogen and oxygen atoms in total. The molecule has 1 aliphatic rings. The van der Waals surface area contributed by atoms with Crippen LogP contribution in [0.2, 0.25) is 18.1 Å². The molecule has 1 saturated heterocycles. The van der Waals surface area contributed by atoms with E-state index < -0.39 is 26.0 Å². The summed E-state index contributed by atoms with van der Waals surface area (Å²) in [5.74, 6) is -0.208. The summed E-state index contributed by atoms with van der Waals surface area (Å²) in [6.45, 7) is 15.6. The summed E-state index contributed by atoms with van der Waals surface area (Å²) in [7, 11) is -2.04. The Morgan fingerprint density at radius 2 is 1.97 bits per heavy atom. The summed E-state index contributed by atoms with van der Waals surface area (Å²) < 4.78 is 11.8. The normalized spacial score (nSPS) is 21.6. The van der Waals surface area contributed by atoms with Crippen molar-refractivity contribution in [2.75, 3.05) is 19.7 Å². The minimum atomic E-state index is -2.04. The van der Waals surface area contributed by atoms with Crippen molar-refractivity contribution < 1.29 is 23.9 Å². The molecular formula is C23H36N2O5Si. The van der Waals surface area contributed by atoms with Crippen molar-refractivity contribution in [3.63, 3.8) is 0 Å². The van der Waals surface area contributed by atoms with Gasteiger partial charge in [0.05, 0.1) is 5.54 Å². The molecule has 0 bridgehead atoms. The van der Waals surface area contributed by atoms with Crippen molar-refractivity contribution in [3.05, 3.63) is 48.6 Å². The van der Waals surface area contributed by atoms with E-state index in [2.05, 4.69) is 45.8 Å². The molecule has 0 saturated carbocycles. The highest BCUT2D eigenvalue weighted by molar-refractivity contribution is 6.74. The Bertz CT molecular complexity index is 778. The summed E-state index contributed by atoms with van der Waals surface area (Å²) in [6, 6.07) is 9.42. The number of carbonyl (C=O) groups is 2. The highest BCUT2D eigenvalue weighted by Crippen LogP contribution is 2.39. The third-order valence-corrected chi connectivity index (χ3v) is 11.0. The van der Waals surface area contributed by atoms with Gasteiger partial charge in [-0.05, 0) is 30.1 Å². The molecule has 1 aromatic carbocycles. The van der Waals surface area contributed by atoms with E-state index in [4.69, 9.17) is 9.16 Å². The Kier molecular flexibility index (Phi) is 7.94. The number of benzene rings is 1. The second-order valence-electron chi connectivity index (χ2n) is 9.77. The number of nitrogens with zero attached hydrogens (tertiary/aromatic N) is 1. The lowest BCUT2D eigenvalue weighted by Gasteiger charge is -2.40. The monoisotopic (exact) mass is 448 g/mol. The van der Waals surface area contributed by atoms with E-state index in [9.17, 15) is 14.7 Å². The van der Waals surface area contributed by atoms with Crippen molar-refractivity contribution in [2.45, 2.75) is 57.5 Å². The number of nitrogens with one attached hydrogen (secondary N) is 1. The van der Waals surface area contributed by atoms with Crippen LogP contribution in [0.15, 0.2) is 43.0 Å². The number of hydrogen-bond acceptors (Lipinski definition) is 4. The van der Waals surface area contributed by atoms with Crippen molar-refractivity contribution in [3.8, 4) is 0 Å². The Morgan fingerprint density at radius 1 is 1.32 bits per heavy atom. The van der Waals surface area contributed by atoms with Gasteiger partial charge >= 0.3 is 12.2 Å². The van der Waals surface area contributed by atoms with E-state index >= 15 is 0 Å². The average molecular weight is 449 g/mol. The number of carbonyl (C=O) groups excluding carboxylic acids is 1. The first kappa shape index (κ1) is 24.9. The lowest BCUT2D eigenvalue weighted by Crippen LogP contribution is -2.56. The SMILES string of the molecule is C=CC[C@@]1(NC(=O)OCc2ccccc2)CN(C(=O)O)CC1CO[Si](C)(C)C(C)(C)C. The molecule has 1 fully saturated rings. The van der Waals surface area contributed by atoms with E-state index in [-0.39, 0.29) is 30.7 Å². The lowest BCUT2D eigenvalue weighted by molar-refractivity contribution is 0.110. The highest BCUT2D eigenvalue weighted by atomic mass is 28.4. The zero-order valence-electron chi connectivity index (χ0n) is 19.3. The quantitative estimate of drug-likeness (QED) is 0.438. The van der Waals surface area contributed by atoms with Gasteiger partial charge in [0, 0.05) is 25.6 Å². The molecule has 8 heteroatoms. The van der Waals surface area contributed by atoms with Gasteiger partial charge in [-0.3, -0.25) is 0 Å². The number of carboxylic acid groups (broad SMARTS) is 1. The van der Waals surface area contributed by atoms with Crippen molar-refractivity contribution in [1.82, 2.24) is 10.2 Å². The predicted molar refractivity (Wildman–Crippen MR) is 124 cm³/mol. The Balaban J connectivity index is 2.17. The van der Waals surface area contributed by atoms with Crippen LogP contribution < -0.4 is 5.32 Å². The molecule has 0 aliphatic carbocycles. The second kappa shape index (κ2) is 9.87. The first-order valence-electron chi connectivity index (χ1n) is 10.6. The number of likely N-dealkylation sites (tertiary alicyclic amines) is 1. The topological polar surface area (TPSA) is 88.1 Å². The molecule has 1 heterocycles. The first-order valence-corrected chi connectivity index (χ1v) is 13.5. The van der Waals surface area contributed by atoms with Crippen LogP contribution in [0.5, 0.6) is 0 Å². The Morgan fingerprint density at radius 3 is 2.52 bits per heavy atom. The highest BCUT2D eigenvalue weighted by Gasteiger charge is 2.50. The second-order valence-corrected chi connectivity index (χ2v) is 14.6. The van der Waals surface area contributed by atoms with Crippen molar-refractivity contribution in [1.29, 1.82) is 0 Å². The van der Waals surface area contributed by atoms with Crippen LogP contribution in [0.4, 0.5) is 9.59 Å². The van der Waals surface area contributed by atoms with Crippen LogP contribution in [-0.4, -0.2) is 55.7 Å². The molecule has 0 radical (unpaired) electrons. The summed E-state index contributed by atoms with van der Waals surface area (Å²) in [6.07, 6.45) is 0.545. The molecule has 2 rings (SSSR count). The van der Waals surface area contributed by atoms with Crippen LogP contribution in [0.3, 0.4) is 0 Å². The number of alkyl carbamates (subject to hydrolysis) is 1. The molecule has 0 aromatic heterocycles. The minimum absolute atomic E-state index is 0.0290. The molecule has 1 aromatic rings. The van der Waals surface area contributed by atoms with Gasteiger partial charge in [-0.15, -0.1) is 6.58 Å². The molecular weight excluding hydrogens is 412 g/mol. The fraction of sp³-hybridized carbons (Fsp3) is 0.565. The predicted octanol–water partition coefficient (Wildman–Crippen LogP) is 4.86. The maximum atomic E-state index is 12.7. The standard InChI is InChI=1S/C23H36N2O5Si/c1-7-13-23(24-20(26)29-15-18-11-9-8-10-12-18)17-25(21(27)28)14-19(23)16-30-31(5,6)22(2,3)4/h7-12,19H,1,13-17H2,2-6H3,(H,24,26)(H,27,28)/t19?,23-/m1/s1. The number of hydrogen-bond donors (Lipinski definition) is 2. The first-order chi connectivity index (χ1) is 14.4. The van der Waals surface area contributed by atoms with E-state index in [1.165, 1.54) is 4.90 Å². The Labute approximate surface area is 186 Å². The van der Waals surface area contributed by atoms with E-state index in [0.29, 0.717) is 13.0 Å². The minimum Gasteiger partial charge on any atom is -0.465 e. The Hall–Kier alpha value is -2.32. The maximum absolute atomic E-state index is 12.7. The average Bonchev–Trinajstić information content (AvgIpc) is 3.03. The van der Waals surface area contributed by atoms with Gasteiger partial charge in [0.25, 0.3) is 0 Å². The number of rotatable bonds is 8. The van der Waals surface area contributed by atoms with E-state index in [1.54, 1.807) is 6.08 Å². The summed E-state index contributed by atoms with van der Waals surface area (Å²) >= 11 is 0.